The summed E-state index contributed by atoms with van der Waals surface area (Å²) < 4.78 is 1.99. The zero-order chi connectivity index (χ0) is 25.9. The number of aliphatic hydroxyl groups is 1. The first-order chi connectivity index (χ1) is 17.9. The third-order valence-electron chi connectivity index (χ3n) is 6.71. The Morgan fingerprint density at radius 2 is 1.78 bits per heavy atom. The minimum Gasteiger partial charge on any atom is -0.465 e. The molecule has 0 spiro atoms. The number of hydrogen-bond acceptors (Lipinski definition) is 7. The number of benzene rings is 2. The summed E-state index contributed by atoms with van der Waals surface area (Å²) in [6.07, 6.45) is 0.771. The van der Waals surface area contributed by atoms with Gasteiger partial charge in [-0.1, -0.05) is 54.6 Å². The van der Waals surface area contributed by atoms with Gasteiger partial charge in [-0.25, -0.2) is 9.78 Å². The highest BCUT2D eigenvalue weighted by molar-refractivity contribution is 5.84. The number of hydrogen-bond donors (Lipinski definition) is 3. The molecule has 2 aromatic heterocycles. The topological polar surface area (TPSA) is 120 Å². The van der Waals surface area contributed by atoms with Crippen LogP contribution in [0.25, 0.3) is 22.3 Å². The molecule has 1 saturated heterocycles. The number of rotatable bonds is 7. The number of fused-ring (bicyclic) bond motifs is 1. The van der Waals surface area contributed by atoms with Crippen LogP contribution < -0.4 is 10.2 Å². The van der Waals surface area contributed by atoms with E-state index in [1.165, 1.54) is 10.5 Å². The van der Waals surface area contributed by atoms with Crippen molar-refractivity contribution >= 4 is 29.0 Å². The van der Waals surface area contributed by atoms with Crippen molar-refractivity contribution in [3.05, 3.63) is 66.5 Å². The number of anilines is 2. The van der Waals surface area contributed by atoms with E-state index in [0.29, 0.717) is 42.6 Å². The molecule has 1 unspecified atom stereocenters. The van der Waals surface area contributed by atoms with E-state index in [-0.39, 0.29) is 19.2 Å². The molecule has 2 aromatic carbocycles. The van der Waals surface area contributed by atoms with E-state index < -0.39 is 12.1 Å². The van der Waals surface area contributed by atoms with Gasteiger partial charge in [0.15, 0.2) is 17.0 Å². The third-order valence-corrected chi connectivity index (χ3v) is 6.71. The Bertz CT molecular complexity index is 1370. The van der Waals surface area contributed by atoms with Crippen molar-refractivity contribution in [2.24, 2.45) is 0 Å². The Morgan fingerprint density at radius 3 is 2.46 bits per heavy atom. The molecular weight excluding hydrogens is 470 g/mol. The van der Waals surface area contributed by atoms with Gasteiger partial charge in [0, 0.05) is 32.2 Å². The summed E-state index contributed by atoms with van der Waals surface area (Å²) >= 11 is 0. The zero-order valence-corrected chi connectivity index (χ0v) is 20.9. The molecule has 1 fully saturated rings. The maximum absolute atomic E-state index is 11.5. The second-order valence-electron chi connectivity index (χ2n) is 9.46. The normalized spacial score (nSPS) is 15.9. The lowest BCUT2D eigenvalue weighted by atomic mass is 10.0. The Labute approximate surface area is 215 Å². The number of aliphatic hydroxyl groups excluding tert-OH is 1. The van der Waals surface area contributed by atoms with Gasteiger partial charge in [0.25, 0.3) is 0 Å². The molecule has 192 valence electrons. The smallest absolute Gasteiger partial charge is 0.407 e. The molecule has 0 aliphatic carbocycles. The van der Waals surface area contributed by atoms with Crippen molar-refractivity contribution in [1.29, 1.82) is 0 Å². The second kappa shape index (κ2) is 10.4. The molecule has 0 bridgehead atoms. The molecule has 10 heteroatoms. The predicted octanol–water partition coefficient (Wildman–Crippen LogP) is 3.85. The van der Waals surface area contributed by atoms with Crippen LogP contribution in [0.2, 0.25) is 0 Å². The highest BCUT2D eigenvalue weighted by Gasteiger charge is 2.31. The quantitative estimate of drug-likeness (QED) is 0.349. The lowest BCUT2D eigenvalue weighted by Crippen LogP contribution is -2.56. The molecular formula is C27H31N7O3. The predicted molar refractivity (Wildman–Crippen MR) is 143 cm³/mol. The molecule has 1 aliphatic heterocycles. The molecule has 0 radical (unpaired) electrons. The van der Waals surface area contributed by atoms with E-state index >= 15 is 0 Å². The van der Waals surface area contributed by atoms with E-state index in [0.717, 1.165) is 11.1 Å². The number of nitrogens with zero attached hydrogens (tertiary/aromatic N) is 6. The summed E-state index contributed by atoms with van der Waals surface area (Å²) in [4.78, 5) is 28.9. The number of nitrogens with one attached hydrogen (secondary N) is 1. The van der Waals surface area contributed by atoms with E-state index in [2.05, 4.69) is 60.5 Å². The van der Waals surface area contributed by atoms with Gasteiger partial charge in [-0.2, -0.15) is 9.97 Å². The van der Waals surface area contributed by atoms with Crippen LogP contribution in [0.15, 0.2) is 60.9 Å². The first-order valence-electron chi connectivity index (χ1n) is 12.4. The van der Waals surface area contributed by atoms with E-state index in [1.807, 2.05) is 27.7 Å². The molecule has 37 heavy (non-hydrogen) atoms. The highest BCUT2D eigenvalue weighted by atomic mass is 16.4. The summed E-state index contributed by atoms with van der Waals surface area (Å²) in [7, 11) is 0. The first-order valence-corrected chi connectivity index (χ1v) is 12.4. The van der Waals surface area contributed by atoms with Gasteiger partial charge in [0.1, 0.15) is 0 Å². The Kier molecular flexibility index (Phi) is 6.91. The number of piperazine rings is 1. The van der Waals surface area contributed by atoms with Crippen molar-refractivity contribution < 1.29 is 15.0 Å². The molecule has 3 heterocycles. The van der Waals surface area contributed by atoms with Crippen LogP contribution >= 0.6 is 0 Å². The summed E-state index contributed by atoms with van der Waals surface area (Å²) in [5.41, 5.74) is 4.79. The van der Waals surface area contributed by atoms with Crippen LogP contribution in [-0.2, 0) is 6.54 Å². The van der Waals surface area contributed by atoms with Crippen LogP contribution in [0.1, 0.15) is 25.5 Å². The average molecular weight is 502 g/mol. The molecule has 4 aromatic rings. The van der Waals surface area contributed by atoms with Gasteiger partial charge in [0.05, 0.1) is 19.0 Å². The fraction of sp³-hybridized carbons (Fsp3) is 0.333. The summed E-state index contributed by atoms with van der Waals surface area (Å²) in [5, 5.41) is 22.8. The molecule has 0 saturated carbocycles. The number of carboxylic acid groups (broad SMARTS) is 1. The molecule has 1 aliphatic rings. The minimum atomic E-state index is -0.993. The Morgan fingerprint density at radius 1 is 1.05 bits per heavy atom. The van der Waals surface area contributed by atoms with Gasteiger partial charge in [0.2, 0.25) is 5.95 Å². The Hall–Kier alpha value is -4.18. The fourth-order valence-corrected chi connectivity index (χ4v) is 4.61. The van der Waals surface area contributed by atoms with Gasteiger partial charge >= 0.3 is 6.09 Å². The number of amides is 1. The summed E-state index contributed by atoms with van der Waals surface area (Å²) in [6.45, 7) is 5.36. The maximum Gasteiger partial charge on any atom is 0.407 e. The van der Waals surface area contributed by atoms with Crippen LogP contribution in [0, 0.1) is 0 Å². The van der Waals surface area contributed by atoms with Crippen molar-refractivity contribution in [3.8, 4) is 11.1 Å². The standard InChI is InChI=1S/C27H31N7O3/c1-18(2)34-17-29-23-24(28-14-19-8-10-21(11-9-19)20-6-4-3-5-7-20)30-26(31-25(23)34)33-13-12-32(27(36)37)15-22(33)16-35/h3-11,17-18,22,35H,12-16H2,1-2H3,(H,36,37)(H,28,30,31). The van der Waals surface area contributed by atoms with Gasteiger partial charge in [-0.3, -0.25) is 0 Å². The zero-order valence-electron chi connectivity index (χ0n) is 20.9. The second-order valence-corrected chi connectivity index (χ2v) is 9.46. The van der Waals surface area contributed by atoms with Gasteiger partial charge in [-0.15, -0.1) is 0 Å². The highest BCUT2D eigenvalue weighted by Crippen LogP contribution is 2.27. The average Bonchev–Trinajstić information content (AvgIpc) is 3.36. The van der Waals surface area contributed by atoms with Crippen molar-refractivity contribution in [1.82, 2.24) is 24.4 Å². The van der Waals surface area contributed by atoms with Crippen LogP contribution in [0.3, 0.4) is 0 Å². The van der Waals surface area contributed by atoms with Crippen LogP contribution in [-0.4, -0.2) is 73.0 Å². The number of carbonyl (C=O) groups is 1. The monoisotopic (exact) mass is 501 g/mol. The van der Waals surface area contributed by atoms with Crippen molar-refractivity contribution in [3.63, 3.8) is 0 Å². The first kappa shape index (κ1) is 24.5. The van der Waals surface area contributed by atoms with Gasteiger partial charge in [-0.05, 0) is 30.5 Å². The number of imidazole rings is 1. The maximum atomic E-state index is 11.5. The molecule has 5 rings (SSSR count). The SMILES string of the molecule is CC(C)n1cnc2c(NCc3ccc(-c4ccccc4)cc3)nc(N3CCN(C(=O)O)CC3CO)nc21. The van der Waals surface area contributed by atoms with Crippen molar-refractivity contribution in [2.75, 3.05) is 36.5 Å². The van der Waals surface area contributed by atoms with Crippen molar-refractivity contribution in [2.45, 2.75) is 32.5 Å². The minimum absolute atomic E-state index is 0.142. The van der Waals surface area contributed by atoms with Gasteiger partial charge < -0.3 is 29.9 Å². The Balaban J connectivity index is 1.43. The summed E-state index contributed by atoms with van der Waals surface area (Å²) in [6, 6.07) is 18.4. The largest absolute Gasteiger partial charge is 0.465 e. The van der Waals surface area contributed by atoms with Crippen LogP contribution in [0.4, 0.5) is 16.6 Å². The van der Waals surface area contributed by atoms with E-state index in [4.69, 9.17) is 9.97 Å². The van der Waals surface area contributed by atoms with E-state index in [1.54, 1.807) is 6.33 Å². The molecule has 3 N–H and O–H groups in total. The number of aromatic nitrogens is 4. The molecule has 1 amide bonds. The molecule has 1 atom stereocenters. The lowest BCUT2D eigenvalue weighted by molar-refractivity contribution is 0.124. The lowest BCUT2D eigenvalue weighted by Gasteiger charge is -2.39. The fourth-order valence-electron chi connectivity index (χ4n) is 4.61. The van der Waals surface area contributed by atoms with E-state index in [9.17, 15) is 15.0 Å². The third kappa shape index (κ3) is 5.05. The molecule has 10 nitrogen and oxygen atoms in total. The van der Waals surface area contributed by atoms with Crippen LogP contribution in [0.5, 0.6) is 0 Å². The summed E-state index contributed by atoms with van der Waals surface area (Å²) in [5.74, 6) is 1.05.